The van der Waals surface area contributed by atoms with Crippen LogP contribution in [0.15, 0.2) is 72.9 Å². The van der Waals surface area contributed by atoms with E-state index in [9.17, 15) is 9.59 Å². The minimum atomic E-state index is -0.886. The van der Waals surface area contributed by atoms with E-state index in [1.54, 1.807) is 35.6 Å². The molecule has 40 heavy (non-hydrogen) atoms. The third kappa shape index (κ3) is 5.20. The average molecular weight is 553 g/mol. The van der Waals surface area contributed by atoms with Gasteiger partial charge in [0.15, 0.2) is 6.61 Å². The number of pyridine rings is 1. The number of rotatable bonds is 8. The van der Waals surface area contributed by atoms with Crippen molar-refractivity contribution in [3.63, 3.8) is 0 Å². The molecule has 0 unspecified atom stereocenters. The number of aromatic nitrogens is 3. The van der Waals surface area contributed by atoms with Crippen LogP contribution in [0.5, 0.6) is 5.75 Å². The highest BCUT2D eigenvalue weighted by atomic mass is 32.1. The van der Waals surface area contributed by atoms with Crippen LogP contribution in [0.3, 0.4) is 0 Å². The summed E-state index contributed by atoms with van der Waals surface area (Å²) in [7, 11) is 0. The molecule has 8 nitrogen and oxygen atoms in total. The van der Waals surface area contributed by atoms with Gasteiger partial charge in [0.25, 0.3) is 5.91 Å². The number of hydrogen-bond donors (Lipinski definition) is 1. The fourth-order valence-corrected chi connectivity index (χ4v) is 6.24. The van der Waals surface area contributed by atoms with E-state index in [0.717, 1.165) is 39.4 Å². The number of aryl methyl sites for hydroxylation is 1. The average Bonchev–Trinajstić information content (AvgIpc) is 3.50. The van der Waals surface area contributed by atoms with Gasteiger partial charge in [0.2, 0.25) is 0 Å². The Morgan fingerprint density at radius 2 is 1.85 bits per heavy atom. The van der Waals surface area contributed by atoms with Crippen molar-refractivity contribution < 1.29 is 19.4 Å². The van der Waals surface area contributed by atoms with Gasteiger partial charge in [-0.1, -0.05) is 42.5 Å². The van der Waals surface area contributed by atoms with Crippen LogP contribution in [0.25, 0.3) is 21.6 Å². The van der Waals surface area contributed by atoms with Crippen molar-refractivity contribution in [1.82, 2.24) is 19.4 Å². The van der Waals surface area contributed by atoms with Crippen LogP contribution < -0.4 is 4.74 Å². The number of thiazole rings is 1. The molecule has 0 radical (unpaired) electrons. The first kappa shape index (κ1) is 25.8. The molecule has 6 rings (SSSR count). The minimum absolute atomic E-state index is 0.0488. The lowest BCUT2D eigenvalue weighted by Crippen LogP contribution is -2.39. The number of fused-ring (bicyclic) bond motifs is 3. The Kier molecular flexibility index (Phi) is 7.04. The topological polar surface area (TPSA) is 97.5 Å². The predicted molar refractivity (Wildman–Crippen MR) is 154 cm³/mol. The van der Waals surface area contributed by atoms with E-state index in [4.69, 9.17) is 19.8 Å². The first-order chi connectivity index (χ1) is 19.5. The molecule has 1 amide bonds. The molecule has 0 aliphatic carbocycles. The maximum absolute atomic E-state index is 13.2. The van der Waals surface area contributed by atoms with Crippen molar-refractivity contribution in [1.29, 1.82) is 0 Å². The second kappa shape index (κ2) is 10.9. The van der Waals surface area contributed by atoms with E-state index in [0.29, 0.717) is 30.9 Å². The molecule has 1 aliphatic rings. The molecule has 0 spiro atoms. The number of amides is 1. The van der Waals surface area contributed by atoms with E-state index < -0.39 is 5.97 Å². The summed E-state index contributed by atoms with van der Waals surface area (Å²) in [6.07, 6.45) is 2.52. The van der Waals surface area contributed by atoms with Gasteiger partial charge in [-0.2, -0.15) is 0 Å². The van der Waals surface area contributed by atoms with Gasteiger partial charge in [0, 0.05) is 34.3 Å². The smallest absolute Gasteiger partial charge is 0.307 e. The molecule has 5 aromatic rings. The van der Waals surface area contributed by atoms with Crippen molar-refractivity contribution >= 4 is 34.2 Å². The van der Waals surface area contributed by atoms with Crippen molar-refractivity contribution in [2.45, 2.75) is 32.9 Å². The van der Waals surface area contributed by atoms with Gasteiger partial charge in [-0.25, -0.2) is 9.97 Å². The highest BCUT2D eigenvalue weighted by Gasteiger charge is 2.28. The normalized spacial score (nSPS) is 12.9. The fourth-order valence-electron chi connectivity index (χ4n) is 5.18. The Balaban J connectivity index is 1.22. The molecule has 3 aromatic heterocycles. The van der Waals surface area contributed by atoms with Crippen molar-refractivity contribution in [3.8, 4) is 16.3 Å². The Hall–Kier alpha value is -4.50. The summed E-state index contributed by atoms with van der Waals surface area (Å²) >= 11 is 1.69. The highest BCUT2D eigenvalue weighted by Crippen LogP contribution is 2.33. The zero-order valence-electron chi connectivity index (χ0n) is 22.0. The van der Waals surface area contributed by atoms with Gasteiger partial charge in [0.05, 0.1) is 25.2 Å². The molecule has 1 N–H and O–H groups in total. The summed E-state index contributed by atoms with van der Waals surface area (Å²) in [5, 5.41) is 11.1. The molecule has 202 valence electrons. The Morgan fingerprint density at radius 3 is 2.62 bits per heavy atom. The van der Waals surface area contributed by atoms with Crippen molar-refractivity contribution in [3.05, 3.63) is 100 Å². The maximum atomic E-state index is 13.2. The lowest BCUT2D eigenvalue weighted by molar-refractivity contribution is -0.136. The SMILES string of the molecule is Cc1nc(-c2ccccc2)sc1Cn1c2c(c3cccnc31)CCN(C(=O)COc1ccc(CC(=O)O)cc1)C2. The van der Waals surface area contributed by atoms with Crippen LogP contribution in [-0.2, 0) is 35.5 Å². The summed E-state index contributed by atoms with van der Waals surface area (Å²) in [5.74, 6) is -0.443. The van der Waals surface area contributed by atoms with Gasteiger partial charge in [-0.3, -0.25) is 9.59 Å². The van der Waals surface area contributed by atoms with E-state index in [-0.39, 0.29) is 18.9 Å². The summed E-state index contributed by atoms with van der Waals surface area (Å²) in [6.45, 7) is 3.69. The summed E-state index contributed by atoms with van der Waals surface area (Å²) in [6, 6.07) is 21.1. The van der Waals surface area contributed by atoms with Crippen LogP contribution in [0.4, 0.5) is 0 Å². The molecular formula is C31H28N4O4S. The minimum Gasteiger partial charge on any atom is -0.484 e. The summed E-state index contributed by atoms with van der Waals surface area (Å²) in [4.78, 5) is 36.7. The molecule has 0 bridgehead atoms. The van der Waals surface area contributed by atoms with Crippen molar-refractivity contribution in [2.75, 3.05) is 13.2 Å². The number of hydrogen-bond acceptors (Lipinski definition) is 6. The van der Waals surface area contributed by atoms with E-state index in [1.807, 2.05) is 42.3 Å². The molecule has 0 fully saturated rings. The van der Waals surface area contributed by atoms with E-state index >= 15 is 0 Å². The second-order valence-corrected chi connectivity index (χ2v) is 10.9. The molecule has 4 heterocycles. The Labute approximate surface area is 235 Å². The van der Waals surface area contributed by atoms with Gasteiger partial charge in [-0.15, -0.1) is 11.3 Å². The molecular weight excluding hydrogens is 524 g/mol. The van der Waals surface area contributed by atoms with Crippen LogP contribution in [-0.4, -0.2) is 49.6 Å². The van der Waals surface area contributed by atoms with Gasteiger partial charge in [-0.05, 0) is 48.7 Å². The third-order valence-electron chi connectivity index (χ3n) is 7.22. The summed E-state index contributed by atoms with van der Waals surface area (Å²) in [5.41, 5.74) is 6.05. The first-order valence-electron chi connectivity index (χ1n) is 13.1. The highest BCUT2D eigenvalue weighted by molar-refractivity contribution is 7.15. The lowest BCUT2D eigenvalue weighted by atomic mass is 10.0. The van der Waals surface area contributed by atoms with Crippen LogP contribution >= 0.6 is 11.3 Å². The third-order valence-corrected chi connectivity index (χ3v) is 8.41. The van der Waals surface area contributed by atoms with E-state index in [2.05, 4.69) is 22.8 Å². The first-order valence-corrected chi connectivity index (χ1v) is 14.0. The number of benzene rings is 2. The lowest BCUT2D eigenvalue weighted by Gasteiger charge is -2.28. The quantitative estimate of drug-likeness (QED) is 0.287. The number of ether oxygens (including phenoxy) is 1. The standard InChI is InChI=1S/C31H28N4O4S/c1-20-27(40-31(33-20)22-6-3-2-4-7-22)18-35-26-17-34(15-13-24(26)25-8-5-14-32-30(25)35)28(36)19-39-23-11-9-21(10-12-23)16-29(37)38/h2-12,14H,13,15-19H2,1H3,(H,37,38). The number of nitrogens with zero attached hydrogens (tertiary/aromatic N) is 4. The number of carbonyl (C=O) groups is 2. The molecule has 0 saturated heterocycles. The molecule has 0 saturated carbocycles. The molecule has 2 aromatic carbocycles. The monoisotopic (exact) mass is 552 g/mol. The number of carboxylic acids is 1. The van der Waals surface area contributed by atoms with Gasteiger partial charge < -0.3 is 19.3 Å². The molecule has 9 heteroatoms. The second-order valence-electron chi connectivity index (χ2n) is 9.85. The number of carboxylic acid groups (broad SMARTS) is 1. The van der Waals surface area contributed by atoms with Crippen LogP contribution in [0.2, 0.25) is 0 Å². The zero-order chi connectivity index (χ0) is 27.6. The summed E-state index contributed by atoms with van der Waals surface area (Å²) < 4.78 is 7.99. The zero-order valence-corrected chi connectivity index (χ0v) is 22.9. The maximum Gasteiger partial charge on any atom is 0.307 e. The van der Waals surface area contributed by atoms with E-state index in [1.165, 1.54) is 10.4 Å². The number of carbonyl (C=O) groups excluding carboxylic acids is 1. The van der Waals surface area contributed by atoms with Gasteiger partial charge in [0.1, 0.15) is 16.4 Å². The largest absolute Gasteiger partial charge is 0.484 e. The Bertz CT molecular complexity index is 1690. The molecule has 1 aliphatic heterocycles. The van der Waals surface area contributed by atoms with Gasteiger partial charge >= 0.3 is 5.97 Å². The fraction of sp³-hybridized carbons (Fsp3) is 0.226. The predicted octanol–water partition coefficient (Wildman–Crippen LogP) is 5.11. The number of aliphatic carboxylic acids is 1. The van der Waals surface area contributed by atoms with Crippen molar-refractivity contribution in [2.24, 2.45) is 0 Å². The Morgan fingerprint density at radius 1 is 1.05 bits per heavy atom. The molecule has 0 atom stereocenters. The van der Waals surface area contributed by atoms with Crippen LogP contribution in [0, 0.1) is 6.92 Å². The van der Waals surface area contributed by atoms with Crippen LogP contribution in [0.1, 0.15) is 27.4 Å².